The van der Waals surface area contributed by atoms with E-state index in [0.29, 0.717) is 6.10 Å². The van der Waals surface area contributed by atoms with Gasteiger partial charge in [-0.3, -0.25) is 0 Å². The standard InChI is InChI=1S/C14H30O2/c1-4-7-9-11-13-15-16-14(6-3)12-10-8-5-2/h14H,4-13H2,1-3H3. The van der Waals surface area contributed by atoms with Crippen molar-refractivity contribution < 1.29 is 9.78 Å². The zero-order chi connectivity index (χ0) is 12.1. The fourth-order valence-corrected chi connectivity index (χ4v) is 1.67. The molecule has 1 unspecified atom stereocenters. The Hall–Kier alpha value is -0.0800. The maximum Gasteiger partial charge on any atom is 0.0927 e. The van der Waals surface area contributed by atoms with Gasteiger partial charge in [-0.05, 0) is 19.3 Å². The molecule has 16 heavy (non-hydrogen) atoms. The molecule has 0 saturated heterocycles. The zero-order valence-corrected chi connectivity index (χ0v) is 11.5. The number of unbranched alkanes of at least 4 members (excludes halogenated alkanes) is 5. The first-order valence-electron chi connectivity index (χ1n) is 7.13. The summed E-state index contributed by atoms with van der Waals surface area (Å²) in [6.45, 7) is 7.37. The SMILES string of the molecule is CCCCCCOOC(CC)CCCCC. The summed E-state index contributed by atoms with van der Waals surface area (Å²) in [5.41, 5.74) is 0. The Morgan fingerprint density at radius 3 is 2.12 bits per heavy atom. The fraction of sp³-hybridized carbons (Fsp3) is 1.00. The summed E-state index contributed by atoms with van der Waals surface area (Å²) in [7, 11) is 0. The Balaban J connectivity index is 3.26. The highest BCUT2D eigenvalue weighted by atomic mass is 17.2. The molecule has 0 aromatic carbocycles. The van der Waals surface area contributed by atoms with Gasteiger partial charge >= 0.3 is 0 Å². The van der Waals surface area contributed by atoms with Crippen molar-refractivity contribution in [2.75, 3.05) is 6.61 Å². The lowest BCUT2D eigenvalue weighted by atomic mass is 10.1. The van der Waals surface area contributed by atoms with Gasteiger partial charge in [0.2, 0.25) is 0 Å². The average Bonchev–Trinajstić information content (AvgIpc) is 2.31. The second-order valence-corrected chi connectivity index (χ2v) is 4.50. The van der Waals surface area contributed by atoms with Crippen molar-refractivity contribution >= 4 is 0 Å². The van der Waals surface area contributed by atoms with E-state index in [1.165, 1.54) is 38.5 Å². The number of rotatable bonds is 12. The molecule has 0 radical (unpaired) electrons. The molecule has 0 amide bonds. The van der Waals surface area contributed by atoms with Gasteiger partial charge in [0.1, 0.15) is 0 Å². The summed E-state index contributed by atoms with van der Waals surface area (Å²) in [6, 6.07) is 0. The maximum absolute atomic E-state index is 5.42. The molecule has 1 atom stereocenters. The monoisotopic (exact) mass is 230 g/mol. The summed E-state index contributed by atoms with van der Waals surface area (Å²) < 4.78 is 0. The minimum atomic E-state index is 0.303. The molecule has 0 aromatic rings. The van der Waals surface area contributed by atoms with Crippen LogP contribution in [-0.4, -0.2) is 12.7 Å². The third-order valence-corrected chi connectivity index (χ3v) is 2.87. The second-order valence-electron chi connectivity index (χ2n) is 4.50. The summed E-state index contributed by atoms with van der Waals surface area (Å²) in [6.07, 6.45) is 11.3. The highest BCUT2D eigenvalue weighted by Gasteiger charge is 2.06. The van der Waals surface area contributed by atoms with Crippen molar-refractivity contribution in [3.63, 3.8) is 0 Å². The number of hydrogen-bond acceptors (Lipinski definition) is 2. The van der Waals surface area contributed by atoms with Gasteiger partial charge in [0.15, 0.2) is 0 Å². The molecule has 2 nitrogen and oxygen atoms in total. The van der Waals surface area contributed by atoms with Gasteiger partial charge in [-0.25, -0.2) is 9.78 Å². The van der Waals surface area contributed by atoms with Crippen LogP contribution in [0.3, 0.4) is 0 Å². The van der Waals surface area contributed by atoms with Gasteiger partial charge in [-0.1, -0.05) is 59.3 Å². The molecule has 0 spiro atoms. The molecule has 98 valence electrons. The molecular formula is C14H30O2. The van der Waals surface area contributed by atoms with E-state index in [1.807, 2.05) is 0 Å². The molecule has 0 aliphatic heterocycles. The van der Waals surface area contributed by atoms with Gasteiger partial charge in [0, 0.05) is 0 Å². The Morgan fingerprint density at radius 1 is 0.812 bits per heavy atom. The zero-order valence-electron chi connectivity index (χ0n) is 11.5. The van der Waals surface area contributed by atoms with Gasteiger partial charge < -0.3 is 0 Å². The Morgan fingerprint density at radius 2 is 1.50 bits per heavy atom. The van der Waals surface area contributed by atoms with E-state index >= 15 is 0 Å². The maximum atomic E-state index is 5.42. The molecule has 0 bridgehead atoms. The summed E-state index contributed by atoms with van der Waals surface area (Å²) >= 11 is 0. The van der Waals surface area contributed by atoms with E-state index in [2.05, 4.69) is 20.8 Å². The molecule has 0 rings (SSSR count). The largest absolute Gasteiger partial charge is 0.236 e. The number of hydrogen-bond donors (Lipinski definition) is 0. The topological polar surface area (TPSA) is 18.5 Å². The van der Waals surface area contributed by atoms with Crippen LogP contribution in [0.15, 0.2) is 0 Å². The second kappa shape index (κ2) is 13.0. The van der Waals surface area contributed by atoms with E-state index in [1.54, 1.807) is 0 Å². The van der Waals surface area contributed by atoms with E-state index in [9.17, 15) is 0 Å². The lowest BCUT2D eigenvalue weighted by Gasteiger charge is -2.14. The molecule has 0 saturated carbocycles. The Labute approximate surface area is 102 Å². The van der Waals surface area contributed by atoms with Crippen LogP contribution in [0, 0.1) is 0 Å². The summed E-state index contributed by atoms with van der Waals surface area (Å²) in [5, 5.41) is 0. The first kappa shape index (κ1) is 15.9. The van der Waals surface area contributed by atoms with Crippen LogP contribution in [0.2, 0.25) is 0 Å². The van der Waals surface area contributed by atoms with E-state index in [4.69, 9.17) is 9.78 Å². The van der Waals surface area contributed by atoms with Crippen LogP contribution in [0.5, 0.6) is 0 Å². The quantitative estimate of drug-likeness (QED) is 0.270. The van der Waals surface area contributed by atoms with Crippen LogP contribution in [0.1, 0.15) is 78.6 Å². The highest BCUT2D eigenvalue weighted by Crippen LogP contribution is 2.10. The molecule has 0 fully saturated rings. The summed E-state index contributed by atoms with van der Waals surface area (Å²) in [4.78, 5) is 10.7. The molecule has 0 aromatic heterocycles. The van der Waals surface area contributed by atoms with Crippen LogP contribution in [-0.2, 0) is 9.78 Å². The van der Waals surface area contributed by atoms with Crippen molar-refractivity contribution in [1.29, 1.82) is 0 Å². The van der Waals surface area contributed by atoms with Crippen LogP contribution in [0.4, 0.5) is 0 Å². The van der Waals surface area contributed by atoms with Gasteiger partial charge in [0.25, 0.3) is 0 Å². The molecular weight excluding hydrogens is 200 g/mol. The van der Waals surface area contributed by atoms with Crippen LogP contribution < -0.4 is 0 Å². The minimum absolute atomic E-state index is 0.303. The smallest absolute Gasteiger partial charge is 0.0927 e. The predicted molar refractivity (Wildman–Crippen MR) is 69.4 cm³/mol. The Bertz CT molecular complexity index is 126. The summed E-state index contributed by atoms with van der Waals surface area (Å²) in [5.74, 6) is 0. The van der Waals surface area contributed by atoms with Crippen molar-refractivity contribution in [1.82, 2.24) is 0 Å². The molecule has 0 heterocycles. The lowest BCUT2D eigenvalue weighted by Crippen LogP contribution is -2.12. The molecule has 0 aliphatic rings. The van der Waals surface area contributed by atoms with Gasteiger partial charge in [0.05, 0.1) is 12.7 Å². The average molecular weight is 230 g/mol. The normalized spacial score (nSPS) is 12.9. The molecule has 0 N–H and O–H groups in total. The van der Waals surface area contributed by atoms with Crippen molar-refractivity contribution in [3.05, 3.63) is 0 Å². The lowest BCUT2D eigenvalue weighted by molar-refractivity contribution is -0.326. The minimum Gasteiger partial charge on any atom is -0.236 e. The van der Waals surface area contributed by atoms with E-state index < -0.39 is 0 Å². The molecule has 0 aliphatic carbocycles. The van der Waals surface area contributed by atoms with Crippen LogP contribution >= 0.6 is 0 Å². The van der Waals surface area contributed by atoms with E-state index in [-0.39, 0.29) is 0 Å². The fourth-order valence-electron chi connectivity index (χ4n) is 1.67. The first-order valence-corrected chi connectivity index (χ1v) is 7.13. The van der Waals surface area contributed by atoms with Crippen molar-refractivity contribution in [3.8, 4) is 0 Å². The van der Waals surface area contributed by atoms with E-state index in [0.717, 1.165) is 25.9 Å². The third-order valence-electron chi connectivity index (χ3n) is 2.87. The van der Waals surface area contributed by atoms with Crippen molar-refractivity contribution in [2.24, 2.45) is 0 Å². The van der Waals surface area contributed by atoms with Crippen molar-refractivity contribution in [2.45, 2.75) is 84.7 Å². The Kier molecular flexibility index (Phi) is 12.9. The van der Waals surface area contributed by atoms with Gasteiger partial charge in [-0.15, -0.1) is 0 Å². The highest BCUT2D eigenvalue weighted by molar-refractivity contribution is 4.53. The van der Waals surface area contributed by atoms with Gasteiger partial charge in [-0.2, -0.15) is 0 Å². The van der Waals surface area contributed by atoms with Crippen LogP contribution in [0.25, 0.3) is 0 Å². The third kappa shape index (κ3) is 10.4. The first-order chi connectivity index (χ1) is 7.85. The predicted octanol–water partition coefficient (Wildman–Crippen LogP) is 4.87. The molecule has 2 heteroatoms.